The van der Waals surface area contributed by atoms with E-state index in [4.69, 9.17) is 5.11 Å². The number of β-amino-alcohol motifs (C(OH)–C–C–N with tert-alkyl or cyclic N) is 1. The van der Waals surface area contributed by atoms with E-state index in [2.05, 4.69) is 4.90 Å². The van der Waals surface area contributed by atoms with Crippen molar-refractivity contribution in [3.8, 4) is 0 Å². The molecule has 0 atom stereocenters. The lowest BCUT2D eigenvalue weighted by atomic mass is 10.1. The van der Waals surface area contributed by atoms with Crippen molar-refractivity contribution in [2.45, 2.75) is 19.4 Å². The monoisotopic (exact) mass is 228 g/mol. The number of carbonyl (C=O) groups is 1. The molecule has 1 aliphatic heterocycles. The van der Waals surface area contributed by atoms with E-state index in [1.807, 2.05) is 4.90 Å². The molecule has 0 aromatic rings. The molecule has 0 aliphatic carbocycles. The molecular formula is C11H20N2O3. The summed E-state index contributed by atoms with van der Waals surface area (Å²) >= 11 is 0. The second kappa shape index (κ2) is 5.32. The maximum absolute atomic E-state index is 10.3. The van der Waals surface area contributed by atoms with Gasteiger partial charge in [0.05, 0.1) is 5.60 Å². The number of hydrogen-bond acceptors (Lipinski definition) is 4. The van der Waals surface area contributed by atoms with Crippen LogP contribution < -0.4 is 0 Å². The predicted octanol–water partition coefficient (Wildman–Crippen LogP) is -0.0268. The Kier molecular flexibility index (Phi) is 4.32. The third kappa shape index (κ3) is 5.14. The number of rotatable bonds is 4. The van der Waals surface area contributed by atoms with Gasteiger partial charge in [-0.2, -0.15) is 0 Å². The first-order valence-corrected chi connectivity index (χ1v) is 5.47. The predicted molar refractivity (Wildman–Crippen MR) is 61.1 cm³/mol. The zero-order chi connectivity index (χ0) is 12.2. The van der Waals surface area contributed by atoms with Crippen LogP contribution >= 0.6 is 0 Å². The van der Waals surface area contributed by atoms with Gasteiger partial charge in [-0.3, -0.25) is 4.90 Å². The summed E-state index contributed by atoms with van der Waals surface area (Å²) in [7, 11) is 0. The maximum Gasteiger partial charge on any atom is 0.329 e. The topological polar surface area (TPSA) is 64.0 Å². The van der Waals surface area contributed by atoms with Crippen LogP contribution in [-0.2, 0) is 4.79 Å². The van der Waals surface area contributed by atoms with Gasteiger partial charge < -0.3 is 15.1 Å². The quantitative estimate of drug-likeness (QED) is 0.662. The fourth-order valence-corrected chi connectivity index (χ4v) is 1.79. The van der Waals surface area contributed by atoms with Gasteiger partial charge in [-0.1, -0.05) is 0 Å². The minimum absolute atomic E-state index is 0.656. The van der Waals surface area contributed by atoms with E-state index in [1.54, 1.807) is 20.0 Å². The Hall–Kier alpha value is -1.07. The molecule has 0 aromatic heterocycles. The fourth-order valence-electron chi connectivity index (χ4n) is 1.79. The van der Waals surface area contributed by atoms with Crippen LogP contribution in [0.1, 0.15) is 13.8 Å². The van der Waals surface area contributed by atoms with Crippen molar-refractivity contribution in [1.29, 1.82) is 0 Å². The van der Waals surface area contributed by atoms with Crippen LogP contribution in [0.2, 0.25) is 0 Å². The van der Waals surface area contributed by atoms with E-state index >= 15 is 0 Å². The Bertz CT molecular complexity index is 263. The highest BCUT2D eigenvalue weighted by molar-refractivity contribution is 5.79. The standard InChI is InChI=1S/C11H20N2O3/c1-11(2,16)9-13-7-5-12(6-8-13)4-3-10(14)15/h3-4,16H,5-9H2,1-2H3,(H,14,15). The molecule has 0 aromatic carbocycles. The minimum Gasteiger partial charge on any atom is -0.478 e. The molecule has 1 heterocycles. The molecule has 0 unspecified atom stereocenters. The van der Waals surface area contributed by atoms with Crippen molar-refractivity contribution in [1.82, 2.24) is 9.80 Å². The SMILES string of the molecule is CC(C)(O)CN1CCN(C=CC(=O)O)CC1. The van der Waals surface area contributed by atoms with Crippen molar-refractivity contribution in [2.75, 3.05) is 32.7 Å². The normalized spacial score (nSPS) is 19.3. The zero-order valence-electron chi connectivity index (χ0n) is 9.89. The molecule has 92 valence electrons. The highest BCUT2D eigenvalue weighted by Crippen LogP contribution is 2.08. The maximum atomic E-state index is 10.3. The summed E-state index contributed by atoms with van der Waals surface area (Å²) in [5.74, 6) is -0.918. The van der Waals surface area contributed by atoms with Gasteiger partial charge in [-0.15, -0.1) is 0 Å². The lowest BCUT2D eigenvalue weighted by molar-refractivity contribution is -0.131. The highest BCUT2D eigenvalue weighted by atomic mass is 16.4. The average molecular weight is 228 g/mol. The summed E-state index contributed by atoms with van der Waals surface area (Å²) in [6.45, 7) is 7.57. The van der Waals surface area contributed by atoms with Gasteiger partial charge in [0.1, 0.15) is 0 Å². The Morgan fingerprint density at radius 1 is 1.31 bits per heavy atom. The summed E-state index contributed by atoms with van der Waals surface area (Å²) in [6, 6.07) is 0. The van der Waals surface area contributed by atoms with Crippen molar-refractivity contribution in [3.63, 3.8) is 0 Å². The van der Waals surface area contributed by atoms with Gasteiger partial charge in [-0.05, 0) is 13.8 Å². The lowest BCUT2D eigenvalue weighted by Crippen LogP contribution is -2.48. The lowest BCUT2D eigenvalue weighted by Gasteiger charge is -2.36. The molecule has 1 fully saturated rings. The van der Waals surface area contributed by atoms with Crippen LogP contribution in [0.3, 0.4) is 0 Å². The molecule has 0 spiro atoms. The fraction of sp³-hybridized carbons (Fsp3) is 0.727. The van der Waals surface area contributed by atoms with E-state index < -0.39 is 11.6 Å². The number of aliphatic carboxylic acids is 1. The van der Waals surface area contributed by atoms with Crippen LogP contribution in [0.4, 0.5) is 0 Å². The second-order valence-electron chi connectivity index (χ2n) is 4.78. The first-order valence-electron chi connectivity index (χ1n) is 5.47. The van der Waals surface area contributed by atoms with Gasteiger partial charge in [0.25, 0.3) is 0 Å². The highest BCUT2D eigenvalue weighted by Gasteiger charge is 2.21. The number of piperazine rings is 1. The van der Waals surface area contributed by atoms with Crippen molar-refractivity contribution >= 4 is 5.97 Å². The van der Waals surface area contributed by atoms with Crippen molar-refractivity contribution in [3.05, 3.63) is 12.3 Å². The van der Waals surface area contributed by atoms with Gasteiger partial charge in [0.2, 0.25) is 0 Å². The Morgan fingerprint density at radius 2 is 1.88 bits per heavy atom. The molecule has 5 heteroatoms. The van der Waals surface area contributed by atoms with Gasteiger partial charge in [0.15, 0.2) is 0 Å². The molecule has 1 aliphatic rings. The molecular weight excluding hydrogens is 208 g/mol. The number of carboxylic acid groups (broad SMARTS) is 1. The van der Waals surface area contributed by atoms with Crippen LogP contribution in [0.25, 0.3) is 0 Å². The van der Waals surface area contributed by atoms with Crippen LogP contribution in [0.5, 0.6) is 0 Å². The van der Waals surface area contributed by atoms with E-state index in [0.29, 0.717) is 6.54 Å². The van der Waals surface area contributed by atoms with Gasteiger partial charge in [-0.25, -0.2) is 4.79 Å². The van der Waals surface area contributed by atoms with Gasteiger partial charge in [0, 0.05) is 45.0 Å². The number of aliphatic hydroxyl groups is 1. The Labute approximate surface area is 96.0 Å². The third-order valence-corrected chi connectivity index (χ3v) is 2.45. The van der Waals surface area contributed by atoms with E-state index in [-0.39, 0.29) is 0 Å². The average Bonchev–Trinajstić information content (AvgIpc) is 2.14. The summed E-state index contributed by atoms with van der Waals surface area (Å²) in [4.78, 5) is 14.5. The summed E-state index contributed by atoms with van der Waals surface area (Å²) in [6.07, 6.45) is 2.77. The van der Waals surface area contributed by atoms with Crippen LogP contribution in [-0.4, -0.2) is 64.3 Å². The summed E-state index contributed by atoms with van der Waals surface area (Å²) < 4.78 is 0. The molecule has 0 radical (unpaired) electrons. The molecule has 1 rings (SSSR count). The minimum atomic E-state index is -0.918. The van der Waals surface area contributed by atoms with Crippen molar-refractivity contribution < 1.29 is 15.0 Å². The third-order valence-electron chi connectivity index (χ3n) is 2.45. The smallest absolute Gasteiger partial charge is 0.329 e. The van der Waals surface area contributed by atoms with E-state index in [9.17, 15) is 9.90 Å². The summed E-state index contributed by atoms with van der Waals surface area (Å²) in [5.41, 5.74) is -0.668. The van der Waals surface area contributed by atoms with Gasteiger partial charge >= 0.3 is 5.97 Å². The molecule has 16 heavy (non-hydrogen) atoms. The van der Waals surface area contributed by atoms with Crippen LogP contribution in [0, 0.1) is 0 Å². The molecule has 0 bridgehead atoms. The Morgan fingerprint density at radius 3 is 2.31 bits per heavy atom. The largest absolute Gasteiger partial charge is 0.478 e. The number of carboxylic acids is 1. The van der Waals surface area contributed by atoms with E-state index in [0.717, 1.165) is 32.3 Å². The number of hydrogen-bond donors (Lipinski definition) is 2. The second-order valence-corrected chi connectivity index (χ2v) is 4.78. The molecule has 5 nitrogen and oxygen atoms in total. The first kappa shape index (κ1) is 13.0. The molecule has 2 N–H and O–H groups in total. The zero-order valence-corrected chi connectivity index (χ0v) is 9.89. The van der Waals surface area contributed by atoms with E-state index in [1.165, 1.54) is 0 Å². The number of nitrogens with zero attached hydrogens (tertiary/aromatic N) is 2. The summed E-state index contributed by atoms with van der Waals surface area (Å²) in [5, 5.41) is 18.2. The molecule has 0 amide bonds. The molecule has 0 saturated carbocycles. The molecule has 1 saturated heterocycles. The van der Waals surface area contributed by atoms with Crippen LogP contribution in [0.15, 0.2) is 12.3 Å². The van der Waals surface area contributed by atoms with Crippen molar-refractivity contribution in [2.24, 2.45) is 0 Å². The first-order chi connectivity index (χ1) is 7.37. The Balaban J connectivity index is 2.31.